The van der Waals surface area contributed by atoms with Gasteiger partial charge in [0.05, 0.1) is 19.4 Å². The molecule has 0 saturated heterocycles. The molecular formula is C9H23N3O3. The fourth-order valence-electron chi connectivity index (χ4n) is 0.986. The highest BCUT2D eigenvalue weighted by molar-refractivity contribution is 4.58. The minimum atomic E-state index is -0.659. The first-order chi connectivity index (χ1) is 7.31. The van der Waals surface area contributed by atoms with Crippen molar-refractivity contribution in [3.63, 3.8) is 0 Å². The first-order valence-corrected chi connectivity index (χ1v) is 5.21. The first-order valence-electron chi connectivity index (χ1n) is 5.21. The summed E-state index contributed by atoms with van der Waals surface area (Å²) in [7, 11) is 1.65. The summed E-state index contributed by atoms with van der Waals surface area (Å²) in [6, 6.07) is 0. The molecule has 0 spiro atoms. The van der Waals surface area contributed by atoms with Gasteiger partial charge in [-0.05, 0) is 0 Å². The van der Waals surface area contributed by atoms with Crippen molar-refractivity contribution in [3.8, 4) is 0 Å². The normalized spacial score (nSPS) is 13.0. The van der Waals surface area contributed by atoms with Crippen LogP contribution in [0.1, 0.15) is 0 Å². The lowest BCUT2D eigenvalue weighted by atomic mass is 10.4. The average molecular weight is 221 g/mol. The smallest absolute Gasteiger partial charge is 0.0961 e. The maximum atomic E-state index is 9.00. The monoisotopic (exact) mass is 221 g/mol. The van der Waals surface area contributed by atoms with E-state index in [-0.39, 0.29) is 6.61 Å². The molecule has 5 N–H and O–H groups in total. The molecule has 1 atom stereocenters. The Kier molecular flexibility index (Phi) is 11.6. The SMILES string of the molecule is COCNCCNCCNCC(O)CO. The van der Waals surface area contributed by atoms with Crippen LogP contribution in [0.5, 0.6) is 0 Å². The highest BCUT2D eigenvalue weighted by atomic mass is 16.5. The summed E-state index contributed by atoms with van der Waals surface area (Å²) in [5.74, 6) is 0. The van der Waals surface area contributed by atoms with Crippen molar-refractivity contribution in [2.75, 3.05) is 53.2 Å². The van der Waals surface area contributed by atoms with Crippen molar-refractivity contribution in [2.45, 2.75) is 6.10 Å². The molecule has 0 aliphatic carbocycles. The molecule has 1 unspecified atom stereocenters. The van der Waals surface area contributed by atoms with Gasteiger partial charge in [-0.2, -0.15) is 0 Å². The van der Waals surface area contributed by atoms with Crippen molar-refractivity contribution in [1.29, 1.82) is 0 Å². The quantitative estimate of drug-likeness (QED) is 0.199. The Morgan fingerprint density at radius 3 is 2.27 bits per heavy atom. The molecule has 0 saturated carbocycles. The standard InChI is InChI=1S/C9H23N3O3/c1-15-8-12-5-3-10-2-4-11-6-9(14)7-13/h9-14H,2-8H2,1H3. The lowest BCUT2D eigenvalue weighted by molar-refractivity contribution is 0.0947. The van der Waals surface area contributed by atoms with Crippen LogP contribution in [-0.2, 0) is 4.74 Å². The molecular weight excluding hydrogens is 198 g/mol. The van der Waals surface area contributed by atoms with Crippen LogP contribution in [-0.4, -0.2) is 69.5 Å². The largest absolute Gasteiger partial charge is 0.394 e. The lowest BCUT2D eigenvalue weighted by Crippen LogP contribution is -2.36. The highest BCUT2D eigenvalue weighted by Crippen LogP contribution is 1.74. The van der Waals surface area contributed by atoms with E-state index in [9.17, 15) is 0 Å². The Morgan fingerprint density at radius 2 is 1.67 bits per heavy atom. The van der Waals surface area contributed by atoms with Crippen LogP contribution in [0.4, 0.5) is 0 Å². The van der Waals surface area contributed by atoms with E-state index in [0.717, 1.165) is 26.2 Å². The van der Waals surface area contributed by atoms with Gasteiger partial charge in [0.2, 0.25) is 0 Å². The third-order valence-corrected chi connectivity index (χ3v) is 1.79. The maximum absolute atomic E-state index is 9.00. The Bertz CT molecular complexity index is 127. The first kappa shape index (κ1) is 14.8. The molecule has 0 fully saturated rings. The Labute approximate surface area is 91.0 Å². The number of hydrogen-bond donors (Lipinski definition) is 5. The molecule has 0 aromatic rings. The predicted octanol–water partition coefficient (Wildman–Crippen LogP) is -2.29. The molecule has 0 amide bonds. The molecule has 92 valence electrons. The summed E-state index contributed by atoms with van der Waals surface area (Å²) in [6.07, 6.45) is -0.659. The number of methoxy groups -OCH3 is 1. The van der Waals surface area contributed by atoms with Gasteiger partial charge in [-0.15, -0.1) is 0 Å². The molecule has 6 heteroatoms. The van der Waals surface area contributed by atoms with Crippen LogP contribution in [0.25, 0.3) is 0 Å². The molecule has 0 aliphatic heterocycles. The van der Waals surface area contributed by atoms with Gasteiger partial charge in [-0.1, -0.05) is 0 Å². The third-order valence-electron chi connectivity index (χ3n) is 1.79. The molecule has 0 aromatic carbocycles. The minimum absolute atomic E-state index is 0.193. The second-order valence-electron chi connectivity index (χ2n) is 3.22. The van der Waals surface area contributed by atoms with E-state index in [1.54, 1.807) is 7.11 Å². The van der Waals surface area contributed by atoms with Gasteiger partial charge in [0.1, 0.15) is 0 Å². The van der Waals surface area contributed by atoms with Crippen molar-refractivity contribution < 1.29 is 14.9 Å². The number of nitrogens with one attached hydrogen (secondary N) is 3. The van der Waals surface area contributed by atoms with E-state index in [0.29, 0.717) is 13.3 Å². The Morgan fingerprint density at radius 1 is 1.07 bits per heavy atom. The lowest BCUT2D eigenvalue weighted by Gasteiger charge is -2.09. The summed E-state index contributed by atoms with van der Waals surface area (Å²) in [4.78, 5) is 0. The minimum Gasteiger partial charge on any atom is -0.394 e. The second kappa shape index (κ2) is 11.8. The number of aliphatic hydroxyl groups is 2. The van der Waals surface area contributed by atoms with Gasteiger partial charge in [-0.3, -0.25) is 5.32 Å². The van der Waals surface area contributed by atoms with Crippen LogP contribution < -0.4 is 16.0 Å². The van der Waals surface area contributed by atoms with Crippen LogP contribution in [0.3, 0.4) is 0 Å². The van der Waals surface area contributed by atoms with E-state index >= 15 is 0 Å². The molecule has 0 radical (unpaired) electrons. The van der Waals surface area contributed by atoms with Gasteiger partial charge in [-0.25, -0.2) is 0 Å². The van der Waals surface area contributed by atoms with E-state index in [2.05, 4.69) is 16.0 Å². The van der Waals surface area contributed by atoms with E-state index in [1.807, 2.05) is 0 Å². The molecule has 0 rings (SSSR count). The predicted molar refractivity (Wildman–Crippen MR) is 58.7 cm³/mol. The molecule has 0 heterocycles. The highest BCUT2D eigenvalue weighted by Gasteiger charge is 1.98. The second-order valence-corrected chi connectivity index (χ2v) is 3.22. The van der Waals surface area contributed by atoms with Crippen LogP contribution in [0.15, 0.2) is 0 Å². The Hall–Kier alpha value is -0.240. The molecule has 0 bridgehead atoms. The summed E-state index contributed by atoms with van der Waals surface area (Å²) in [5, 5.41) is 26.8. The van der Waals surface area contributed by atoms with Crippen molar-refractivity contribution in [1.82, 2.24) is 16.0 Å². The van der Waals surface area contributed by atoms with Crippen molar-refractivity contribution in [2.24, 2.45) is 0 Å². The molecule has 6 nitrogen and oxygen atoms in total. The maximum Gasteiger partial charge on any atom is 0.0961 e. The summed E-state index contributed by atoms with van der Waals surface area (Å²) in [6.45, 7) is 4.18. The van der Waals surface area contributed by atoms with Crippen LogP contribution >= 0.6 is 0 Å². The average Bonchev–Trinajstić information content (AvgIpc) is 2.26. The topological polar surface area (TPSA) is 85.8 Å². The van der Waals surface area contributed by atoms with Crippen molar-refractivity contribution in [3.05, 3.63) is 0 Å². The van der Waals surface area contributed by atoms with Gasteiger partial charge < -0.3 is 25.6 Å². The zero-order chi connectivity index (χ0) is 11.4. The van der Waals surface area contributed by atoms with Crippen LogP contribution in [0, 0.1) is 0 Å². The molecule has 0 aliphatic rings. The Balaban J connectivity index is 2.92. The number of ether oxygens (including phenoxy) is 1. The number of hydrogen-bond acceptors (Lipinski definition) is 6. The van der Waals surface area contributed by atoms with Gasteiger partial charge in [0.15, 0.2) is 0 Å². The fraction of sp³-hybridized carbons (Fsp3) is 1.00. The van der Waals surface area contributed by atoms with E-state index in [1.165, 1.54) is 0 Å². The molecule has 15 heavy (non-hydrogen) atoms. The van der Waals surface area contributed by atoms with Crippen molar-refractivity contribution >= 4 is 0 Å². The van der Waals surface area contributed by atoms with Gasteiger partial charge in [0.25, 0.3) is 0 Å². The molecule has 0 aromatic heterocycles. The van der Waals surface area contributed by atoms with E-state index < -0.39 is 6.10 Å². The van der Waals surface area contributed by atoms with Gasteiger partial charge in [0, 0.05) is 39.8 Å². The summed E-state index contributed by atoms with van der Waals surface area (Å²) in [5.41, 5.74) is 0. The van der Waals surface area contributed by atoms with E-state index in [4.69, 9.17) is 14.9 Å². The number of aliphatic hydroxyl groups excluding tert-OH is 2. The summed E-state index contributed by atoms with van der Waals surface area (Å²) < 4.78 is 4.82. The summed E-state index contributed by atoms with van der Waals surface area (Å²) >= 11 is 0. The third kappa shape index (κ3) is 11.7. The van der Waals surface area contributed by atoms with Gasteiger partial charge >= 0.3 is 0 Å². The number of rotatable bonds is 11. The zero-order valence-corrected chi connectivity index (χ0v) is 9.33. The van der Waals surface area contributed by atoms with Crippen LogP contribution in [0.2, 0.25) is 0 Å². The fourth-order valence-corrected chi connectivity index (χ4v) is 0.986. The zero-order valence-electron chi connectivity index (χ0n) is 9.33.